The van der Waals surface area contributed by atoms with E-state index in [1.54, 1.807) is 6.20 Å². The Morgan fingerprint density at radius 2 is 1.91 bits per heavy atom. The molecule has 8 nitrogen and oxygen atoms in total. The standard InChI is InChI=1S/C24H22ClN5O3/c25-18-3-1-2-16-19(4-5-27-21(16)18)30-20-11-15(29-6-8-32-9-7-29)10-17(23(26)31)22(20)28-24(30)14-12-33-13-14/h1-5,10-11,14H,6-9,12-13H2,(H2,26,31). The number of imidazole rings is 1. The van der Waals surface area contributed by atoms with Gasteiger partial charge in [0.15, 0.2) is 0 Å². The van der Waals surface area contributed by atoms with Gasteiger partial charge in [0.2, 0.25) is 0 Å². The van der Waals surface area contributed by atoms with Crippen molar-refractivity contribution in [2.45, 2.75) is 5.92 Å². The summed E-state index contributed by atoms with van der Waals surface area (Å²) in [5, 5.41) is 1.49. The molecule has 33 heavy (non-hydrogen) atoms. The predicted molar refractivity (Wildman–Crippen MR) is 126 cm³/mol. The van der Waals surface area contributed by atoms with Crippen LogP contribution < -0.4 is 10.6 Å². The molecule has 4 heterocycles. The molecule has 2 fully saturated rings. The number of anilines is 1. The molecule has 1 amide bonds. The monoisotopic (exact) mass is 463 g/mol. The summed E-state index contributed by atoms with van der Waals surface area (Å²) < 4.78 is 13.1. The summed E-state index contributed by atoms with van der Waals surface area (Å²) in [6, 6.07) is 11.6. The molecule has 0 bridgehead atoms. The molecule has 6 rings (SSSR count). The number of para-hydroxylation sites is 1. The van der Waals surface area contributed by atoms with Crippen LogP contribution in [0.25, 0.3) is 27.6 Å². The molecule has 9 heteroatoms. The number of benzene rings is 2. The van der Waals surface area contributed by atoms with Crippen LogP contribution in [0.3, 0.4) is 0 Å². The highest BCUT2D eigenvalue weighted by molar-refractivity contribution is 6.35. The minimum atomic E-state index is -0.501. The molecule has 2 aromatic carbocycles. The summed E-state index contributed by atoms with van der Waals surface area (Å²) in [4.78, 5) is 24.1. The van der Waals surface area contributed by atoms with Gasteiger partial charge in [-0.1, -0.05) is 23.7 Å². The average Bonchev–Trinajstić information content (AvgIpc) is 3.16. The zero-order valence-corrected chi connectivity index (χ0v) is 18.6. The Hall–Kier alpha value is -3.20. The largest absolute Gasteiger partial charge is 0.380 e. The second-order valence-electron chi connectivity index (χ2n) is 8.33. The molecule has 0 spiro atoms. The van der Waals surface area contributed by atoms with Crippen LogP contribution in [0.4, 0.5) is 5.69 Å². The maximum absolute atomic E-state index is 12.5. The van der Waals surface area contributed by atoms with Crippen LogP contribution >= 0.6 is 11.6 Å². The van der Waals surface area contributed by atoms with Crippen LogP contribution in [0.15, 0.2) is 42.6 Å². The third-order valence-corrected chi connectivity index (χ3v) is 6.66. The number of pyridine rings is 1. The van der Waals surface area contributed by atoms with Gasteiger partial charge in [-0.25, -0.2) is 4.98 Å². The van der Waals surface area contributed by atoms with E-state index in [1.807, 2.05) is 30.3 Å². The first-order valence-corrected chi connectivity index (χ1v) is 11.3. The van der Waals surface area contributed by atoms with E-state index in [4.69, 9.17) is 31.8 Å². The van der Waals surface area contributed by atoms with Crippen LogP contribution in [-0.4, -0.2) is 60.0 Å². The normalized spacial score (nSPS) is 16.9. The van der Waals surface area contributed by atoms with E-state index in [-0.39, 0.29) is 5.92 Å². The molecule has 2 aliphatic heterocycles. The number of aromatic nitrogens is 3. The lowest BCUT2D eigenvalue weighted by Gasteiger charge is -2.29. The Morgan fingerprint density at radius 3 is 2.64 bits per heavy atom. The van der Waals surface area contributed by atoms with Crippen LogP contribution in [0, 0.1) is 0 Å². The number of morpholine rings is 1. The topological polar surface area (TPSA) is 95.5 Å². The van der Waals surface area contributed by atoms with E-state index in [0.29, 0.717) is 48.0 Å². The Bertz CT molecular complexity index is 1390. The van der Waals surface area contributed by atoms with Crippen molar-refractivity contribution in [3.8, 4) is 5.69 Å². The van der Waals surface area contributed by atoms with Crippen molar-refractivity contribution in [3.63, 3.8) is 0 Å². The van der Waals surface area contributed by atoms with Gasteiger partial charge in [0.05, 0.1) is 59.7 Å². The molecular weight excluding hydrogens is 442 g/mol. The molecule has 0 unspecified atom stereocenters. The fraction of sp³-hybridized carbons (Fsp3) is 0.292. The minimum Gasteiger partial charge on any atom is -0.380 e. The Balaban J connectivity index is 1.67. The first-order chi connectivity index (χ1) is 16.1. The minimum absolute atomic E-state index is 0.118. The van der Waals surface area contributed by atoms with Crippen molar-refractivity contribution in [1.82, 2.24) is 14.5 Å². The lowest BCUT2D eigenvalue weighted by molar-refractivity contribution is 0.00449. The zero-order chi connectivity index (χ0) is 22.5. The van der Waals surface area contributed by atoms with E-state index in [2.05, 4.69) is 20.5 Å². The number of fused-ring (bicyclic) bond motifs is 2. The van der Waals surface area contributed by atoms with Gasteiger partial charge in [-0.05, 0) is 24.3 Å². The molecule has 2 saturated heterocycles. The number of nitrogens with two attached hydrogens (primary N) is 1. The molecule has 2 aromatic heterocycles. The summed E-state index contributed by atoms with van der Waals surface area (Å²) in [6.45, 7) is 3.93. The molecule has 0 aliphatic carbocycles. The number of rotatable bonds is 4. The van der Waals surface area contributed by atoms with Crippen LogP contribution in [0.2, 0.25) is 5.02 Å². The van der Waals surface area contributed by atoms with Crippen molar-refractivity contribution in [2.75, 3.05) is 44.4 Å². The summed E-state index contributed by atoms with van der Waals surface area (Å²) in [5.74, 6) is 0.455. The Kier molecular flexibility index (Phi) is 4.94. The third-order valence-electron chi connectivity index (χ3n) is 6.36. The van der Waals surface area contributed by atoms with Gasteiger partial charge in [0.25, 0.3) is 5.91 Å². The predicted octanol–water partition coefficient (Wildman–Crippen LogP) is 3.28. The summed E-state index contributed by atoms with van der Waals surface area (Å²) in [5.41, 5.74) is 10.2. The quantitative estimate of drug-likeness (QED) is 0.499. The van der Waals surface area contributed by atoms with E-state index >= 15 is 0 Å². The average molecular weight is 464 g/mol. The second-order valence-corrected chi connectivity index (χ2v) is 8.74. The molecule has 0 radical (unpaired) electrons. The maximum atomic E-state index is 12.5. The van der Waals surface area contributed by atoms with Crippen molar-refractivity contribution in [3.05, 3.63) is 59.0 Å². The molecule has 4 aromatic rings. The first-order valence-electron chi connectivity index (χ1n) is 10.9. The van der Waals surface area contributed by atoms with Crippen LogP contribution in [0.1, 0.15) is 22.1 Å². The smallest absolute Gasteiger partial charge is 0.251 e. The highest BCUT2D eigenvalue weighted by atomic mass is 35.5. The molecule has 2 aliphatic rings. The lowest BCUT2D eigenvalue weighted by Crippen LogP contribution is -2.36. The van der Waals surface area contributed by atoms with Crippen molar-refractivity contribution in [2.24, 2.45) is 5.73 Å². The van der Waals surface area contributed by atoms with E-state index in [9.17, 15) is 4.79 Å². The second kappa shape index (κ2) is 7.98. The van der Waals surface area contributed by atoms with Gasteiger partial charge < -0.3 is 20.1 Å². The molecule has 0 atom stereocenters. The fourth-order valence-corrected chi connectivity index (χ4v) is 4.83. The van der Waals surface area contributed by atoms with E-state index in [0.717, 1.165) is 41.2 Å². The molecule has 0 saturated carbocycles. The van der Waals surface area contributed by atoms with Crippen molar-refractivity contribution < 1.29 is 14.3 Å². The van der Waals surface area contributed by atoms with Crippen molar-refractivity contribution >= 4 is 45.1 Å². The van der Waals surface area contributed by atoms with Gasteiger partial charge in [-0.2, -0.15) is 0 Å². The van der Waals surface area contributed by atoms with E-state index < -0.39 is 5.91 Å². The highest BCUT2D eigenvalue weighted by Crippen LogP contribution is 2.36. The third kappa shape index (κ3) is 3.33. The first kappa shape index (κ1) is 20.4. The number of ether oxygens (including phenoxy) is 2. The van der Waals surface area contributed by atoms with Gasteiger partial charge in [-0.15, -0.1) is 0 Å². The SMILES string of the molecule is NC(=O)c1cc(N2CCOCC2)cc2c1nc(C1COC1)n2-c1ccnc2c(Cl)cccc12. The fourth-order valence-electron chi connectivity index (χ4n) is 4.60. The molecular formula is C24H22ClN5O3. The number of carbonyl (C=O) groups is 1. The number of nitrogens with zero attached hydrogens (tertiary/aromatic N) is 4. The lowest BCUT2D eigenvalue weighted by atomic mass is 10.1. The van der Waals surface area contributed by atoms with Gasteiger partial charge in [-0.3, -0.25) is 14.3 Å². The number of primary amides is 1. The summed E-state index contributed by atoms with van der Waals surface area (Å²) >= 11 is 6.46. The zero-order valence-electron chi connectivity index (χ0n) is 17.8. The number of halogens is 1. The number of hydrogen-bond acceptors (Lipinski definition) is 6. The highest BCUT2D eigenvalue weighted by Gasteiger charge is 2.30. The molecule has 2 N–H and O–H groups in total. The van der Waals surface area contributed by atoms with Crippen LogP contribution in [-0.2, 0) is 9.47 Å². The number of amides is 1. The number of carbonyl (C=O) groups excluding carboxylic acids is 1. The van der Waals surface area contributed by atoms with Gasteiger partial charge in [0, 0.05) is 30.4 Å². The summed E-state index contributed by atoms with van der Waals surface area (Å²) in [6.07, 6.45) is 1.75. The maximum Gasteiger partial charge on any atom is 0.251 e. The van der Waals surface area contributed by atoms with Crippen molar-refractivity contribution in [1.29, 1.82) is 0 Å². The molecule has 168 valence electrons. The van der Waals surface area contributed by atoms with Gasteiger partial charge in [0.1, 0.15) is 11.3 Å². The summed E-state index contributed by atoms with van der Waals surface area (Å²) in [7, 11) is 0. The Morgan fingerprint density at radius 1 is 1.09 bits per heavy atom. The Labute approximate surface area is 194 Å². The van der Waals surface area contributed by atoms with E-state index in [1.165, 1.54) is 0 Å². The van der Waals surface area contributed by atoms with Crippen LogP contribution in [0.5, 0.6) is 0 Å². The number of hydrogen-bond donors (Lipinski definition) is 1. The van der Waals surface area contributed by atoms with Gasteiger partial charge >= 0.3 is 0 Å².